The summed E-state index contributed by atoms with van der Waals surface area (Å²) in [6.45, 7) is 2.00. The molecule has 0 saturated carbocycles. The Morgan fingerprint density at radius 1 is 1.40 bits per heavy atom. The molecule has 2 aromatic rings. The molecule has 1 atom stereocenters. The third-order valence-electron chi connectivity index (χ3n) is 2.02. The first kappa shape index (κ1) is 14.2. The monoisotopic (exact) mass is 247 g/mol. The molecule has 0 spiro atoms. The number of hydrogen-bond donors (Lipinski definition) is 1. The van der Waals surface area contributed by atoms with Gasteiger partial charge in [-0.2, -0.15) is 0 Å². The maximum absolute atomic E-state index is 5.73. The fourth-order valence-electron chi connectivity index (χ4n) is 1.47. The van der Waals surface area contributed by atoms with Crippen molar-refractivity contribution in [2.75, 3.05) is 0 Å². The van der Waals surface area contributed by atoms with Gasteiger partial charge in [-0.1, -0.05) is 6.07 Å². The van der Waals surface area contributed by atoms with Crippen LogP contribution in [-0.4, -0.2) is 15.4 Å². The number of nitrogens with two attached hydrogens (primary N) is 1. The molecule has 0 bridgehead atoms. The van der Waals surface area contributed by atoms with Gasteiger partial charge in [0.25, 0.3) is 0 Å². The molecule has 0 fully saturated rings. The summed E-state index contributed by atoms with van der Waals surface area (Å²) >= 11 is 0. The van der Waals surface area contributed by atoms with Gasteiger partial charge >= 0.3 is 0 Å². The molecular formula is C10H15Cl2N3. The summed E-state index contributed by atoms with van der Waals surface area (Å²) < 4.78 is 2.07. The van der Waals surface area contributed by atoms with Gasteiger partial charge in [0, 0.05) is 30.6 Å². The van der Waals surface area contributed by atoms with Gasteiger partial charge in [0.05, 0.1) is 0 Å². The second-order valence-corrected chi connectivity index (χ2v) is 3.36. The molecule has 2 rings (SSSR count). The summed E-state index contributed by atoms with van der Waals surface area (Å²) in [6.07, 6.45) is 4.77. The highest BCUT2D eigenvalue weighted by molar-refractivity contribution is 5.85. The second-order valence-electron chi connectivity index (χ2n) is 3.36. The van der Waals surface area contributed by atoms with Crippen LogP contribution in [0, 0.1) is 0 Å². The highest BCUT2D eigenvalue weighted by Crippen LogP contribution is 2.07. The number of rotatable bonds is 2. The number of imidazole rings is 1. The largest absolute Gasteiger partial charge is 0.328 e. The summed E-state index contributed by atoms with van der Waals surface area (Å²) in [5, 5.41) is 0. The summed E-state index contributed by atoms with van der Waals surface area (Å²) in [5.41, 5.74) is 7.89. The molecule has 0 aliphatic heterocycles. The maximum atomic E-state index is 5.73. The molecule has 0 aromatic carbocycles. The van der Waals surface area contributed by atoms with Crippen molar-refractivity contribution in [3.8, 4) is 0 Å². The molecule has 0 aliphatic carbocycles. The Kier molecular flexibility index (Phi) is 5.65. The second kappa shape index (κ2) is 5.95. The minimum absolute atomic E-state index is 0. The minimum Gasteiger partial charge on any atom is -0.328 e. The van der Waals surface area contributed by atoms with E-state index in [1.807, 2.05) is 37.5 Å². The van der Waals surface area contributed by atoms with Crippen LogP contribution in [0.15, 0.2) is 30.6 Å². The van der Waals surface area contributed by atoms with Crippen molar-refractivity contribution < 1.29 is 0 Å². The normalized spacial score (nSPS) is 11.6. The molecule has 2 heterocycles. The molecule has 0 aliphatic rings. The van der Waals surface area contributed by atoms with E-state index in [0.717, 1.165) is 12.1 Å². The van der Waals surface area contributed by atoms with Crippen LogP contribution in [0.25, 0.3) is 5.65 Å². The first-order valence-corrected chi connectivity index (χ1v) is 4.44. The third-order valence-corrected chi connectivity index (χ3v) is 2.02. The molecule has 0 saturated heterocycles. The number of nitrogens with zero attached hydrogens (tertiary/aromatic N) is 2. The molecule has 5 heteroatoms. The van der Waals surface area contributed by atoms with E-state index in [1.165, 1.54) is 5.69 Å². The molecule has 0 radical (unpaired) electrons. The number of pyridine rings is 1. The molecule has 1 unspecified atom stereocenters. The van der Waals surface area contributed by atoms with Crippen molar-refractivity contribution in [2.45, 2.75) is 19.4 Å². The fourth-order valence-corrected chi connectivity index (χ4v) is 1.47. The standard InChI is InChI=1S/C10H13N3.2ClH/c1-8(11)6-9-7-12-10-4-2-3-5-13(9)10;;/h2-5,7-8H,6,11H2,1H3;2*1H. The lowest BCUT2D eigenvalue weighted by Gasteiger charge is -2.03. The molecule has 0 amide bonds. The number of hydrogen-bond acceptors (Lipinski definition) is 2. The van der Waals surface area contributed by atoms with E-state index >= 15 is 0 Å². The fraction of sp³-hybridized carbons (Fsp3) is 0.300. The van der Waals surface area contributed by atoms with E-state index in [2.05, 4.69) is 9.38 Å². The number of halogens is 2. The average molecular weight is 248 g/mol. The number of aromatic nitrogens is 2. The molecule has 84 valence electrons. The van der Waals surface area contributed by atoms with Crippen LogP contribution in [0.3, 0.4) is 0 Å². The maximum Gasteiger partial charge on any atom is 0.136 e. The van der Waals surface area contributed by atoms with Crippen molar-refractivity contribution in [3.05, 3.63) is 36.3 Å². The van der Waals surface area contributed by atoms with Gasteiger partial charge in [-0.05, 0) is 19.1 Å². The first-order chi connectivity index (χ1) is 6.27. The van der Waals surface area contributed by atoms with E-state index in [4.69, 9.17) is 5.73 Å². The van der Waals surface area contributed by atoms with Gasteiger partial charge in [-0.15, -0.1) is 24.8 Å². The zero-order chi connectivity index (χ0) is 9.26. The Hall–Kier alpha value is -0.770. The topological polar surface area (TPSA) is 43.3 Å². The van der Waals surface area contributed by atoms with Crippen molar-refractivity contribution in [1.82, 2.24) is 9.38 Å². The summed E-state index contributed by atoms with van der Waals surface area (Å²) in [5.74, 6) is 0. The van der Waals surface area contributed by atoms with Gasteiger partial charge in [-0.3, -0.25) is 0 Å². The molecule has 2 N–H and O–H groups in total. The van der Waals surface area contributed by atoms with E-state index in [1.54, 1.807) is 0 Å². The quantitative estimate of drug-likeness (QED) is 0.884. The van der Waals surface area contributed by atoms with Gasteiger partial charge in [0.1, 0.15) is 5.65 Å². The highest BCUT2D eigenvalue weighted by Gasteiger charge is 2.03. The Bertz CT molecular complexity index is 412. The van der Waals surface area contributed by atoms with Crippen LogP contribution in [-0.2, 0) is 6.42 Å². The van der Waals surface area contributed by atoms with Crippen LogP contribution in [0.5, 0.6) is 0 Å². The highest BCUT2D eigenvalue weighted by atomic mass is 35.5. The lowest BCUT2D eigenvalue weighted by molar-refractivity contribution is 0.717. The predicted molar refractivity (Wildman–Crippen MR) is 67.0 cm³/mol. The van der Waals surface area contributed by atoms with Gasteiger partial charge in [-0.25, -0.2) is 4.98 Å². The average Bonchev–Trinajstić information content (AvgIpc) is 2.48. The van der Waals surface area contributed by atoms with Crippen LogP contribution in [0.2, 0.25) is 0 Å². The lowest BCUT2D eigenvalue weighted by Crippen LogP contribution is -2.18. The van der Waals surface area contributed by atoms with Gasteiger partial charge in [0.15, 0.2) is 0 Å². The zero-order valence-electron chi connectivity index (χ0n) is 8.46. The predicted octanol–water partition coefficient (Wildman–Crippen LogP) is 2.07. The zero-order valence-corrected chi connectivity index (χ0v) is 10.1. The Morgan fingerprint density at radius 3 is 2.80 bits per heavy atom. The van der Waals surface area contributed by atoms with E-state index in [9.17, 15) is 0 Å². The van der Waals surface area contributed by atoms with Crippen molar-refractivity contribution >= 4 is 30.5 Å². The van der Waals surface area contributed by atoms with Gasteiger partial charge < -0.3 is 10.1 Å². The van der Waals surface area contributed by atoms with Crippen LogP contribution in [0.1, 0.15) is 12.6 Å². The van der Waals surface area contributed by atoms with Crippen molar-refractivity contribution in [2.24, 2.45) is 5.73 Å². The summed E-state index contributed by atoms with van der Waals surface area (Å²) in [7, 11) is 0. The van der Waals surface area contributed by atoms with E-state index in [-0.39, 0.29) is 30.9 Å². The molecule has 2 aromatic heterocycles. The minimum atomic E-state index is 0. The molecule has 15 heavy (non-hydrogen) atoms. The Labute approximate surface area is 102 Å². The van der Waals surface area contributed by atoms with Crippen LogP contribution >= 0.6 is 24.8 Å². The van der Waals surface area contributed by atoms with Crippen LogP contribution < -0.4 is 5.73 Å². The smallest absolute Gasteiger partial charge is 0.136 e. The van der Waals surface area contributed by atoms with E-state index < -0.39 is 0 Å². The lowest BCUT2D eigenvalue weighted by atomic mass is 10.2. The number of fused-ring (bicyclic) bond motifs is 1. The van der Waals surface area contributed by atoms with Crippen molar-refractivity contribution in [3.63, 3.8) is 0 Å². The summed E-state index contributed by atoms with van der Waals surface area (Å²) in [6, 6.07) is 6.15. The third kappa shape index (κ3) is 3.09. The SMILES string of the molecule is CC(N)Cc1cnc2ccccn12.Cl.Cl. The first-order valence-electron chi connectivity index (χ1n) is 4.44. The Balaban J connectivity index is 0.000000980. The molecule has 3 nitrogen and oxygen atoms in total. The molecular weight excluding hydrogens is 233 g/mol. The van der Waals surface area contributed by atoms with Crippen LogP contribution in [0.4, 0.5) is 0 Å². The van der Waals surface area contributed by atoms with Gasteiger partial charge in [0.2, 0.25) is 0 Å². The van der Waals surface area contributed by atoms with Crippen molar-refractivity contribution in [1.29, 1.82) is 0 Å². The Morgan fingerprint density at radius 2 is 2.13 bits per heavy atom. The summed E-state index contributed by atoms with van der Waals surface area (Å²) in [4.78, 5) is 4.28. The van der Waals surface area contributed by atoms with E-state index in [0.29, 0.717) is 0 Å².